The van der Waals surface area contributed by atoms with Gasteiger partial charge in [-0.2, -0.15) is 0 Å². The number of unbranched alkanes of at least 4 members (excludes halogenated alkanes) is 5. The Morgan fingerprint density at radius 1 is 0.742 bits per heavy atom. The van der Waals surface area contributed by atoms with Gasteiger partial charge >= 0.3 is 0 Å². The summed E-state index contributed by atoms with van der Waals surface area (Å²) in [6, 6.07) is 17.8. The van der Waals surface area contributed by atoms with Crippen LogP contribution in [0, 0.1) is 5.92 Å². The maximum atomic E-state index is 8.81. The third-order valence-electron chi connectivity index (χ3n) is 6.95. The minimum absolute atomic E-state index is 0.295. The Balaban J connectivity index is 1.43. The number of benzene rings is 2. The Morgan fingerprint density at radius 2 is 1.39 bits per heavy atom. The Kier molecular flexibility index (Phi) is 10.4. The number of aliphatic hydroxyl groups excluding tert-OH is 1. The van der Waals surface area contributed by atoms with E-state index in [1.807, 2.05) is 0 Å². The summed E-state index contributed by atoms with van der Waals surface area (Å²) in [4.78, 5) is 0. The van der Waals surface area contributed by atoms with Crippen LogP contribution >= 0.6 is 0 Å². The molecule has 170 valence electrons. The molecule has 0 amide bonds. The molecule has 2 aromatic carbocycles. The Labute approximate surface area is 190 Å². The highest BCUT2D eigenvalue weighted by atomic mass is 16.5. The standard InChI is InChI=1S/C29H42O2/c1-2-3-6-9-24-10-12-25(13-11-24)26-14-16-27(17-15-26)28-18-20-29(21-19-28)31-23-8-5-4-7-22-30/h14-21,24-25,30H,2-13,22-23H2,1H3/t24-,25-. The van der Waals surface area contributed by atoms with Crippen LogP contribution in [-0.4, -0.2) is 18.3 Å². The average molecular weight is 423 g/mol. The normalized spacial score (nSPS) is 18.8. The molecule has 0 heterocycles. The summed E-state index contributed by atoms with van der Waals surface area (Å²) in [7, 11) is 0. The smallest absolute Gasteiger partial charge is 0.119 e. The van der Waals surface area contributed by atoms with Crippen LogP contribution in [-0.2, 0) is 0 Å². The summed E-state index contributed by atoms with van der Waals surface area (Å²) in [5.41, 5.74) is 4.06. The van der Waals surface area contributed by atoms with E-state index in [1.54, 1.807) is 0 Å². The maximum absolute atomic E-state index is 8.81. The fourth-order valence-corrected chi connectivity index (χ4v) is 4.92. The Morgan fingerprint density at radius 3 is 2.03 bits per heavy atom. The molecule has 3 rings (SSSR count). The zero-order chi connectivity index (χ0) is 21.7. The van der Waals surface area contributed by atoms with Crippen LogP contribution in [0.4, 0.5) is 0 Å². The van der Waals surface area contributed by atoms with Crippen LogP contribution in [0.5, 0.6) is 5.75 Å². The fourth-order valence-electron chi connectivity index (χ4n) is 4.92. The molecule has 1 aliphatic carbocycles. The van der Waals surface area contributed by atoms with Crippen molar-refractivity contribution in [3.63, 3.8) is 0 Å². The first-order valence-corrected chi connectivity index (χ1v) is 12.7. The molecule has 31 heavy (non-hydrogen) atoms. The molecule has 2 nitrogen and oxygen atoms in total. The molecule has 2 heteroatoms. The van der Waals surface area contributed by atoms with E-state index >= 15 is 0 Å². The van der Waals surface area contributed by atoms with Gasteiger partial charge in [-0.25, -0.2) is 0 Å². The first-order chi connectivity index (χ1) is 15.3. The molecule has 0 aliphatic heterocycles. The van der Waals surface area contributed by atoms with Crippen molar-refractivity contribution in [2.75, 3.05) is 13.2 Å². The van der Waals surface area contributed by atoms with E-state index in [4.69, 9.17) is 9.84 Å². The molecule has 0 unspecified atom stereocenters. The molecule has 0 saturated heterocycles. The molecule has 0 spiro atoms. The lowest BCUT2D eigenvalue weighted by molar-refractivity contribution is 0.273. The first-order valence-electron chi connectivity index (χ1n) is 12.7. The number of ether oxygens (including phenoxy) is 1. The van der Waals surface area contributed by atoms with E-state index in [0.717, 1.165) is 49.9 Å². The number of hydrogen-bond donors (Lipinski definition) is 1. The summed E-state index contributed by atoms with van der Waals surface area (Å²) >= 11 is 0. The molecule has 0 aromatic heterocycles. The molecule has 0 bridgehead atoms. The van der Waals surface area contributed by atoms with Crippen LogP contribution in [0.15, 0.2) is 48.5 Å². The van der Waals surface area contributed by atoms with Gasteiger partial charge < -0.3 is 9.84 Å². The molecule has 0 radical (unpaired) electrons. The van der Waals surface area contributed by atoms with E-state index < -0.39 is 0 Å². The highest BCUT2D eigenvalue weighted by Crippen LogP contribution is 2.38. The van der Waals surface area contributed by atoms with Gasteiger partial charge in [0.15, 0.2) is 0 Å². The second-order valence-corrected chi connectivity index (χ2v) is 9.35. The van der Waals surface area contributed by atoms with Crippen LogP contribution in [0.1, 0.15) is 95.5 Å². The monoisotopic (exact) mass is 422 g/mol. The zero-order valence-corrected chi connectivity index (χ0v) is 19.5. The topological polar surface area (TPSA) is 29.5 Å². The van der Waals surface area contributed by atoms with Crippen molar-refractivity contribution in [1.82, 2.24) is 0 Å². The molecule has 1 aliphatic rings. The highest BCUT2D eigenvalue weighted by Gasteiger charge is 2.22. The van der Waals surface area contributed by atoms with Crippen molar-refractivity contribution in [2.24, 2.45) is 5.92 Å². The van der Waals surface area contributed by atoms with Gasteiger partial charge in [-0.3, -0.25) is 0 Å². The lowest BCUT2D eigenvalue weighted by Gasteiger charge is -2.29. The molecule has 1 fully saturated rings. The van der Waals surface area contributed by atoms with Crippen molar-refractivity contribution in [3.05, 3.63) is 54.1 Å². The second kappa shape index (κ2) is 13.6. The van der Waals surface area contributed by atoms with E-state index in [0.29, 0.717) is 6.61 Å². The van der Waals surface area contributed by atoms with Gasteiger partial charge in [0.2, 0.25) is 0 Å². The molecule has 0 atom stereocenters. The molecule has 2 aromatic rings. The fraction of sp³-hybridized carbons (Fsp3) is 0.586. The van der Waals surface area contributed by atoms with Gasteiger partial charge in [0.05, 0.1) is 6.61 Å². The van der Waals surface area contributed by atoms with Crippen molar-refractivity contribution in [1.29, 1.82) is 0 Å². The van der Waals surface area contributed by atoms with Gasteiger partial charge in [0.1, 0.15) is 5.75 Å². The Hall–Kier alpha value is -1.80. The summed E-state index contributed by atoms with van der Waals surface area (Å²) in [5, 5.41) is 8.81. The van der Waals surface area contributed by atoms with E-state index in [9.17, 15) is 0 Å². The van der Waals surface area contributed by atoms with Gasteiger partial charge in [-0.05, 0) is 85.6 Å². The lowest BCUT2D eigenvalue weighted by Crippen LogP contribution is -2.13. The van der Waals surface area contributed by atoms with Crippen LogP contribution in [0.25, 0.3) is 11.1 Å². The third kappa shape index (κ3) is 8.00. The quantitative estimate of drug-likeness (QED) is 0.330. The zero-order valence-electron chi connectivity index (χ0n) is 19.5. The van der Waals surface area contributed by atoms with Gasteiger partial charge in [0.25, 0.3) is 0 Å². The van der Waals surface area contributed by atoms with E-state index in [2.05, 4.69) is 55.5 Å². The van der Waals surface area contributed by atoms with Crippen molar-refractivity contribution >= 4 is 0 Å². The molecule has 1 saturated carbocycles. The van der Waals surface area contributed by atoms with E-state index in [1.165, 1.54) is 68.1 Å². The van der Waals surface area contributed by atoms with Crippen LogP contribution in [0.3, 0.4) is 0 Å². The van der Waals surface area contributed by atoms with Crippen molar-refractivity contribution in [2.45, 2.75) is 89.9 Å². The third-order valence-corrected chi connectivity index (χ3v) is 6.95. The maximum Gasteiger partial charge on any atom is 0.119 e. The number of aliphatic hydroxyl groups is 1. The molecular weight excluding hydrogens is 380 g/mol. The predicted octanol–water partition coefficient (Wildman–Crippen LogP) is 8.14. The summed E-state index contributed by atoms with van der Waals surface area (Å²) in [5.74, 6) is 2.67. The highest BCUT2D eigenvalue weighted by molar-refractivity contribution is 5.64. The SMILES string of the molecule is CCCCC[C@H]1CC[C@H](c2ccc(-c3ccc(OCCCCCCO)cc3)cc2)CC1. The van der Waals surface area contributed by atoms with Crippen LogP contribution < -0.4 is 4.74 Å². The minimum Gasteiger partial charge on any atom is -0.494 e. The largest absolute Gasteiger partial charge is 0.494 e. The van der Waals surface area contributed by atoms with Gasteiger partial charge in [-0.15, -0.1) is 0 Å². The lowest BCUT2D eigenvalue weighted by atomic mass is 9.77. The summed E-state index contributed by atoms with van der Waals surface area (Å²) < 4.78 is 5.85. The van der Waals surface area contributed by atoms with Gasteiger partial charge in [-0.1, -0.05) is 75.4 Å². The first kappa shape index (κ1) is 23.9. The Bertz CT molecular complexity index is 711. The van der Waals surface area contributed by atoms with Gasteiger partial charge in [0, 0.05) is 6.61 Å². The van der Waals surface area contributed by atoms with E-state index in [-0.39, 0.29) is 0 Å². The van der Waals surface area contributed by atoms with Crippen molar-refractivity contribution in [3.8, 4) is 16.9 Å². The number of rotatable bonds is 13. The molecular formula is C29H42O2. The minimum atomic E-state index is 0.295. The average Bonchev–Trinajstić information content (AvgIpc) is 2.82. The number of hydrogen-bond acceptors (Lipinski definition) is 2. The van der Waals surface area contributed by atoms with Crippen LogP contribution in [0.2, 0.25) is 0 Å². The summed E-state index contributed by atoms with van der Waals surface area (Å²) in [6.07, 6.45) is 15.3. The van der Waals surface area contributed by atoms with Crippen molar-refractivity contribution < 1.29 is 9.84 Å². The molecule has 1 N–H and O–H groups in total. The predicted molar refractivity (Wildman–Crippen MR) is 132 cm³/mol. The second-order valence-electron chi connectivity index (χ2n) is 9.35. The summed E-state index contributed by atoms with van der Waals surface area (Å²) in [6.45, 7) is 3.34.